The Labute approximate surface area is 130 Å². The first-order chi connectivity index (χ1) is 9.99. The fraction of sp³-hybridized carbons (Fsp3) is 0.684. The molecule has 0 heterocycles. The predicted molar refractivity (Wildman–Crippen MR) is 89.7 cm³/mol. The number of benzene rings is 1. The van der Waals surface area contributed by atoms with Crippen molar-refractivity contribution < 1.29 is 4.74 Å². The van der Waals surface area contributed by atoms with Gasteiger partial charge in [-0.3, -0.25) is 0 Å². The van der Waals surface area contributed by atoms with Gasteiger partial charge in [0, 0.05) is 12.6 Å². The van der Waals surface area contributed by atoms with Gasteiger partial charge in [-0.1, -0.05) is 39.3 Å². The summed E-state index contributed by atoms with van der Waals surface area (Å²) < 4.78 is 5.29. The standard InChI is InChI=1S/C19H31NO/c1-19(2,3)16-8-6-9-17(12-11-16)20-14-15-7-5-10-18(13-15)21-4/h5,7,10,13,16-17,20H,6,8-9,11-12,14H2,1-4H3. The number of rotatable bonds is 4. The normalized spacial score (nSPS) is 23.6. The molecule has 1 aromatic carbocycles. The molecule has 1 fully saturated rings. The van der Waals surface area contributed by atoms with E-state index in [0.717, 1.165) is 18.2 Å². The molecule has 0 saturated heterocycles. The van der Waals surface area contributed by atoms with E-state index in [4.69, 9.17) is 4.74 Å². The Morgan fingerprint density at radius 1 is 1.14 bits per heavy atom. The maximum absolute atomic E-state index is 5.29. The average molecular weight is 289 g/mol. The van der Waals surface area contributed by atoms with Crippen LogP contribution in [0.2, 0.25) is 0 Å². The SMILES string of the molecule is COc1cccc(CNC2CCCC(C(C)(C)C)CC2)c1. The third-order valence-electron chi connectivity index (χ3n) is 4.92. The maximum Gasteiger partial charge on any atom is 0.119 e. The minimum atomic E-state index is 0.460. The first kappa shape index (κ1) is 16.4. The van der Waals surface area contributed by atoms with Crippen molar-refractivity contribution in [2.24, 2.45) is 11.3 Å². The summed E-state index contributed by atoms with van der Waals surface area (Å²) in [4.78, 5) is 0. The minimum absolute atomic E-state index is 0.460. The molecule has 1 saturated carbocycles. The quantitative estimate of drug-likeness (QED) is 0.805. The highest BCUT2D eigenvalue weighted by atomic mass is 16.5. The van der Waals surface area contributed by atoms with Crippen LogP contribution < -0.4 is 10.1 Å². The van der Waals surface area contributed by atoms with Gasteiger partial charge in [-0.15, -0.1) is 0 Å². The first-order valence-corrected chi connectivity index (χ1v) is 8.35. The second kappa shape index (κ2) is 7.31. The molecule has 2 atom stereocenters. The van der Waals surface area contributed by atoms with Gasteiger partial charge in [0.1, 0.15) is 5.75 Å². The molecule has 1 aliphatic carbocycles. The zero-order valence-electron chi connectivity index (χ0n) is 14.1. The van der Waals surface area contributed by atoms with Crippen LogP contribution in [-0.2, 0) is 6.54 Å². The lowest BCUT2D eigenvalue weighted by molar-refractivity contribution is 0.213. The zero-order chi connectivity index (χ0) is 15.3. The summed E-state index contributed by atoms with van der Waals surface area (Å²) in [5, 5.41) is 3.75. The van der Waals surface area contributed by atoms with Crippen LogP contribution >= 0.6 is 0 Å². The molecule has 2 heteroatoms. The molecule has 0 bridgehead atoms. The van der Waals surface area contributed by atoms with Crippen molar-refractivity contribution in [2.45, 2.75) is 65.5 Å². The Morgan fingerprint density at radius 3 is 2.67 bits per heavy atom. The maximum atomic E-state index is 5.29. The molecule has 1 aliphatic rings. The van der Waals surface area contributed by atoms with Crippen LogP contribution in [0.5, 0.6) is 5.75 Å². The van der Waals surface area contributed by atoms with Gasteiger partial charge in [0.05, 0.1) is 7.11 Å². The Balaban J connectivity index is 1.83. The van der Waals surface area contributed by atoms with Crippen LogP contribution in [0.1, 0.15) is 58.4 Å². The van der Waals surface area contributed by atoms with E-state index in [1.54, 1.807) is 7.11 Å². The molecule has 0 amide bonds. The van der Waals surface area contributed by atoms with Crippen molar-refractivity contribution >= 4 is 0 Å². The molecule has 21 heavy (non-hydrogen) atoms. The number of hydrogen-bond donors (Lipinski definition) is 1. The lowest BCUT2D eigenvalue weighted by Crippen LogP contribution is -2.28. The van der Waals surface area contributed by atoms with E-state index >= 15 is 0 Å². The molecular formula is C19H31NO. The lowest BCUT2D eigenvalue weighted by atomic mass is 9.76. The smallest absolute Gasteiger partial charge is 0.119 e. The van der Waals surface area contributed by atoms with E-state index in [2.05, 4.69) is 44.3 Å². The van der Waals surface area contributed by atoms with Crippen molar-refractivity contribution in [3.05, 3.63) is 29.8 Å². The van der Waals surface area contributed by atoms with Crippen LogP contribution in [0.25, 0.3) is 0 Å². The molecule has 0 aromatic heterocycles. The summed E-state index contributed by atoms with van der Waals surface area (Å²) in [6, 6.07) is 9.04. The van der Waals surface area contributed by atoms with Crippen molar-refractivity contribution in [1.29, 1.82) is 0 Å². The van der Waals surface area contributed by atoms with Gasteiger partial charge in [0.15, 0.2) is 0 Å². The number of hydrogen-bond acceptors (Lipinski definition) is 2. The summed E-state index contributed by atoms with van der Waals surface area (Å²) in [5.74, 6) is 1.82. The van der Waals surface area contributed by atoms with Crippen molar-refractivity contribution in [3.63, 3.8) is 0 Å². The Bertz CT molecular complexity index is 435. The number of methoxy groups -OCH3 is 1. The summed E-state index contributed by atoms with van der Waals surface area (Å²) in [7, 11) is 1.73. The van der Waals surface area contributed by atoms with Crippen LogP contribution in [0.4, 0.5) is 0 Å². The fourth-order valence-electron chi connectivity index (χ4n) is 3.42. The summed E-state index contributed by atoms with van der Waals surface area (Å²) in [6.45, 7) is 8.12. The van der Waals surface area contributed by atoms with Crippen LogP contribution in [-0.4, -0.2) is 13.2 Å². The van der Waals surface area contributed by atoms with E-state index in [-0.39, 0.29) is 0 Å². The second-order valence-electron chi connectivity index (χ2n) is 7.50. The minimum Gasteiger partial charge on any atom is -0.497 e. The third-order valence-corrected chi connectivity index (χ3v) is 4.92. The first-order valence-electron chi connectivity index (χ1n) is 8.35. The Morgan fingerprint density at radius 2 is 1.95 bits per heavy atom. The van der Waals surface area contributed by atoms with Gasteiger partial charge in [-0.25, -0.2) is 0 Å². The van der Waals surface area contributed by atoms with Crippen molar-refractivity contribution in [2.75, 3.05) is 7.11 Å². The fourth-order valence-corrected chi connectivity index (χ4v) is 3.42. The highest BCUT2D eigenvalue weighted by Gasteiger charge is 2.27. The molecule has 1 aromatic rings. The van der Waals surface area contributed by atoms with Crippen LogP contribution in [0.15, 0.2) is 24.3 Å². The monoisotopic (exact) mass is 289 g/mol. The molecule has 1 N–H and O–H groups in total. The largest absolute Gasteiger partial charge is 0.497 e. The molecule has 0 aliphatic heterocycles. The lowest BCUT2D eigenvalue weighted by Gasteiger charge is -2.29. The highest BCUT2D eigenvalue weighted by Crippen LogP contribution is 2.36. The predicted octanol–water partition coefficient (Wildman–Crippen LogP) is 4.78. The number of ether oxygens (including phenoxy) is 1. The van der Waals surface area contributed by atoms with E-state index in [1.165, 1.54) is 37.7 Å². The average Bonchev–Trinajstić information content (AvgIpc) is 2.70. The molecular weight excluding hydrogens is 258 g/mol. The summed E-state index contributed by atoms with van der Waals surface area (Å²) in [6.07, 6.45) is 6.74. The van der Waals surface area contributed by atoms with Gasteiger partial charge in [0.25, 0.3) is 0 Å². The Hall–Kier alpha value is -1.02. The van der Waals surface area contributed by atoms with Crippen LogP contribution in [0, 0.1) is 11.3 Å². The van der Waals surface area contributed by atoms with Gasteiger partial charge in [-0.2, -0.15) is 0 Å². The van der Waals surface area contributed by atoms with Crippen LogP contribution in [0.3, 0.4) is 0 Å². The van der Waals surface area contributed by atoms with Gasteiger partial charge >= 0.3 is 0 Å². The van der Waals surface area contributed by atoms with Crippen molar-refractivity contribution in [1.82, 2.24) is 5.32 Å². The Kier molecular flexibility index (Phi) is 5.69. The molecule has 118 valence electrons. The van der Waals surface area contributed by atoms with Crippen molar-refractivity contribution in [3.8, 4) is 5.75 Å². The highest BCUT2D eigenvalue weighted by molar-refractivity contribution is 5.28. The molecule has 2 unspecified atom stereocenters. The van der Waals surface area contributed by atoms with Gasteiger partial charge < -0.3 is 10.1 Å². The topological polar surface area (TPSA) is 21.3 Å². The zero-order valence-corrected chi connectivity index (χ0v) is 14.1. The molecule has 0 radical (unpaired) electrons. The van der Waals surface area contributed by atoms with Gasteiger partial charge in [0.2, 0.25) is 0 Å². The second-order valence-corrected chi connectivity index (χ2v) is 7.50. The van der Waals surface area contributed by atoms with E-state index in [1.807, 2.05) is 6.07 Å². The molecule has 2 rings (SSSR count). The number of nitrogens with one attached hydrogen (secondary N) is 1. The summed E-state index contributed by atoms with van der Waals surface area (Å²) >= 11 is 0. The van der Waals surface area contributed by atoms with E-state index in [0.29, 0.717) is 11.5 Å². The van der Waals surface area contributed by atoms with Gasteiger partial charge in [-0.05, 0) is 54.7 Å². The molecule has 0 spiro atoms. The summed E-state index contributed by atoms with van der Waals surface area (Å²) in [5.41, 5.74) is 1.77. The van der Waals surface area contributed by atoms with E-state index in [9.17, 15) is 0 Å². The van der Waals surface area contributed by atoms with E-state index < -0.39 is 0 Å². The molecule has 2 nitrogen and oxygen atoms in total. The third kappa shape index (κ3) is 5.03.